The number of halogens is 6. The van der Waals surface area contributed by atoms with E-state index >= 15 is 0 Å². The van der Waals surface area contributed by atoms with Crippen LogP contribution in [0.3, 0.4) is 0 Å². The first kappa shape index (κ1) is 31.7. The molecule has 0 aliphatic heterocycles. The number of urea groups is 1. The molecule has 0 bridgehead atoms. The molecule has 0 saturated heterocycles. The molecule has 4 aromatic rings. The molecule has 1 fully saturated rings. The molecule has 0 atom stereocenters. The first-order valence-electron chi connectivity index (χ1n) is 14.3. The second kappa shape index (κ2) is 13.1. The van der Waals surface area contributed by atoms with E-state index in [0.717, 1.165) is 61.1 Å². The summed E-state index contributed by atoms with van der Waals surface area (Å²) in [5.41, 5.74) is 1.16. The van der Waals surface area contributed by atoms with E-state index in [4.69, 9.17) is 0 Å². The summed E-state index contributed by atoms with van der Waals surface area (Å²) in [6, 6.07) is 26.3. The zero-order chi connectivity index (χ0) is 32.1. The van der Waals surface area contributed by atoms with Gasteiger partial charge in [0, 0.05) is 12.5 Å². The van der Waals surface area contributed by atoms with E-state index in [1.165, 1.54) is 24.3 Å². The number of benzene rings is 4. The van der Waals surface area contributed by atoms with E-state index < -0.39 is 35.8 Å². The first-order chi connectivity index (χ1) is 21.4. The van der Waals surface area contributed by atoms with Crippen molar-refractivity contribution in [2.75, 3.05) is 0 Å². The summed E-state index contributed by atoms with van der Waals surface area (Å²) < 4.78 is 87.8. The van der Waals surface area contributed by atoms with E-state index in [9.17, 15) is 31.1 Å². The molecule has 2 N–H and O–H groups in total. The Bertz CT molecular complexity index is 1520. The summed E-state index contributed by atoms with van der Waals surface area (Å²) in [7, 11) is 0. The van der Waals surface area contributed by atoms with Crippen LogP contribution in [0.15, 0.2) is 103 Å². The molecule has 11 heteroatoms. The van der Waals surface area contributed by atoms with Crippen molar-refractivity contribution >= 4 is 6.03 Å². The van der Waals surface area contributed by atoms with E-state index in [1.54, 1.807) is 12.1 Å². The molecular weight excluding hydrogens is 598 g/mol. The second-order valence-electron chi connectivity index (χ2n) is 10.9. The third-order valence-electron chi connectivity index (χ3n) is 7.67. The number of carbonyl (C=O) groups excluding carboxylic acids is 1. The van der Waals surface area contributed by atoms with Gasteiger partial charge in [0.05, 0.1) is 5.54 Å². The van der Waals surface area contributed by atoms with Crippen molar-refractivity contribution in [2.24, 2.45) is 0 Å². The van der Waals surface area contributed by atoms with Crippen LogP contribution in [-0.2, 0) is 12.0 Å². The molecule has 0 aromatic heterocycles. The Kier molecular flexibility index (Phi) is 9.27. The molecule has 1 aliphatic rings. The molecule has 5 rings (SSSR count). The zero-order valence-corrected chi connectivity index (χ0v) is 23.9. The van der Waals surface area contributed by atoms with Crippen LogP contribution in [0.2, 0.25) is 0 Å². The van der Waals surface area contributed by atoms with Crippen LogP contribution in [0, 0.1) is 0 Å². The highest BCUT2D eigenvalue weighted by Crippen LogP contribution is 2.39. The Morgan fingerprint density at radius 3 is 1.69 bits per heavy atom. The highest BCUT2D eigenvalue weighted by molar-refractivity contribution is 5.77. The number of hydrogen-bond donors (Lipinski definition) is 2. The minimum atomic E-state index is -5.00. The first-order valence-corrected chi connectivity index (χ1v) is 14.3. The van der Waals surface area contributed by atoms with Gasteiger partial charge in [-0.15, -0.1) is 26.3 Å². The number of alkyl halides is 6. The number of ether oxygens (including phenoxy) is 2. The fourth-order valence-corrected chi connectivity index (χ4v) is 5.71. The summed E-state index contributed by atoms with van der Waals surface area (Å²) in [4.78, 5) is 13.6. The van der Waals surface area contributed by atoms with Crippen molar-refractivity contribution in [3.8, 4) is 22.6 Å². The van der Waals surface area contributed by atoms with E-state index in [2.05, 4.69) is 20.1 Å². The Morgan fingerprint density at radius 1 is 0.667 bits per heavy atom. The van der Waals surface area contributed by atoms with Crippen molar-refractivity contribution in [1.82, 2.24) is 10.6 Å². The van der Waals surface area contributed by atoms with Crippen LogP contribution in [0.4, 0.5) is 31.1 Å². The summed E-state index contributed by atoms with van der Waals surface area (Å²) in [5.74, 6) is -1.10. The Balaban J connectivity index is 1.64. The lowest BCUT2D eigenvalue weighted by atomic mass is 9.77. The molecule has 0 spiro atoms. The number of hydrogen-bond acceptors (Lipinski definition) is 3. The number of amides is 2. The van der Waals surface area contributed by atoms with Crippen LogP contribution in [-0.4, -0.2) is 24.8 Å². The van der Waals surface area contributed by atoms with E-state index in [0.29, 0.717) is 5.56 Å². The maximum absolute atomic E-state index is 13.6. The van der Waals surface area contributed by atoms with Gasteiger partial charge in [-0.1, -0.05) is 91.7 Å². The average Bonchev–Trinajstić information content (AvgIpc) is 3.49. The van der Waals surface area contributed by atoms with Crippen molar-refractivity contribution in [3.05, 3.63) is 120 Å². The molecular formula is C34H30F6N2O3. The SMILES string of the molecule is O=C(NC1CCCC1)NC(Cc1ccc(-c2ccccc2)cc1)(c1cccc(OC(F)(F)F)c1)c1cccc(OC(F)(F)F)c1. The summed E-state index contributed by atoms with van der Waals surface area (Å²) in [5, 5.41) is 5.86. The predicted octanol–water partition coefficient (Wildman–Crippen LogP) is 8.88. The number of nitrogens with one attached hydrogen (secondary N) is 2. The second-order valence-corrected chi connectivity index (χ2v) is 10.9. The fraction of sp³-hybridized carbons (Fsp3) is 0.265. The highest BCUT2D eigenvalue weighted by Gasteiger charge is 2.40. The lowest BCUT2D eigenvalue weighted by Crippen LogP contribution is -2.53. The monoisotopic (exact) mass is 628 g/mol. The topological polar surface area (TPSA) is 59.6 Å². The molecule has 2 amide bonds. The molecule has 1 saturated carbocycles. The maximum atomic E-state index is 13.6. The molecule has 5 nitrogen and oxygen atoms in total. The van der Waals surface area contributed by atoms with Gasteiger partial charge >= 0.3 is 18.8 Å². The van der Waals surface area contributed by atoms with Gasteiger partial charge in [0.15, 0.2) is 0 Å². The summed E-state index contributed by atoms with van der Waals surface area (Å²) in [6.07, 6.45) is -6.67. The average molecular weight is 629 g/mol. The standard InChI is InChI=1S/C34H30F6N2O3/c35-33(36,37)44-29-14-6-10-26(20-29)32(42-31(43)41-28-12-4-5-13-28,27-11-7-15-30(21-27)45-34(38,39)40)22-23-16-18-25(19-17-23)24-8-2-1-3-9-24/h1-3,6-11,14-21,28H,4-5,12-13,22H2,(H2,41,42,43). The lowest BCUT2D eigenvalue weighted by Gasteiger charge is -2.37. The van der Waals surface area contributed by atoms with Gasteiger partial charge in [-0.3, -0.25) is 0 Å². The van der Waals surface area contributed by atoms with Crippen molar-refractivity contribution in [3.63, 3.8) is 0 Å². The minimum Gasteiger partial charge on any atom is -0.406 e. The fourth-order valence-electron chi connectivity index (χ4n) is 5.71. The smallest absolute Gasteiger partial charge is 0.406 e. The molecule has 236 valence electrons. The maximum Gasteiger partial charge on any atom is 0.573 e. The third-order valence-corrected chi connectivity index (χ3v) is 7.67. The summed E-state index contributed by atoms with van der Waals surface area (Å²) >= 11 is 0. The van der Waals surface area contributed by atoms with Crippen LogP contribution in [0.5, 0.6) is 11.5 Å². The van der Waals surface area contributed by atoms with E-state index in [-0.39, 0.29) is 23.6 Å². The van der Waals surface area contributed by atoms with Gasteiger partial charge in [-0.25, -0.2) is 4.79 Å². The van der Waals surface area contributed by atoms with Crippen LogP contribution >= 0.6 is 0 Å². The highest BCUT2D eigenvalue weighted by atomic mass is 19.4. The van der Waals surface area contributed by atoms with Gasteiger partial charge in [-0.05, 0) is 64.9 Å². The molecule has 1 aliphatic carbocycles. The lowest BCUT2D eigenvalue weighted by molar-refractivity contribution is -0.275. The largest absolute Gasteiger partial charge is 0.573 e. The molecule has 0 unspecified atom stereocenters. The van der Waals surface area contributed by atoms with Crippen LogP contribution in [0.25, 0.3) is 11.1 Å². The van der Waals surface area contributed by atoms with Crippen molar-refractivity contribution in [2.45, 2.75) is 56.4 Å². The van der Waals surface area contributed by atoms with Crippen LogP contribution in [0.1, 0.15) is 42.4 Å². The molecule has 0 heterocycles. The van der Waals surface area contributed by atoms with Crippen molar-refractivity contribution < 1.29 is 40.6 Å². The zero-order valence-electron chi connectivity index (χ0n) is 23.9. The van der Waals surface area contributed by atoms with Gasteiger partial charge in [0.25, 0.3) is 0 Å². The van der Waals surface area contributed by atoms with Gasteiger partial charge in [0.1, 0.15) is 11.5 Å². The summed E-state index contributed by atoms with van der Waals surface area (Å²) in [6.45, 7) is 0. The Morgan fingerprint density at radius 2 is 1.18 bits per heavy atom. The van der Waals surface area contributed by atoms with Crippen molar-refractivity contribution in [1.29, 1.82) is 0 Å². The Hall–Kier alpha value is -4.67. The van der Waals surface area contributed by atoms with E-state index in [1.807, 2.05) is 42.5 Å². The Labute approximate surface area is 256 Å². The number of carbonyl (C=O) groups is 1. The third kappa shape index (κ3) is 8.49. The predicted molar refractivity (Wildman–Crippen MR) is 157 cm³/mol. The molecule has 0 radical (unpaired) electrons. The minimum absolute atomic E-state index is 0.0366. The van der Waals surface area contributed by atoms with Gasteiger partial charge in [-0.2, -0.15) is 0 Å². The van der Waals surface area contributed by atoms with Gasteiger partial charge < -0.3 is 20.1 Å². The quantitative estimate of drug-likeness (QED) is 0.182. The van der Waals surface area contributed by atoms with Gasteiger partial charge in [0.2, 0.25) is 0 Å². The van der Waals surface area contributed by atoms with Crippen LogP contribution < -0.4 is 20.1 Å². The molecule has 45 heavy (non-hydrogen) atoms. The normalized spacial score (nSPS) is 14.2. The molecule has 4 aromatic carbocycles. The number of rotatable bonds is 9.